The van der Waals surface area contributed by atoms with Gasteiger partial charge < -0.3 is 14.8 Å². The predicted octanol–water partition coefficient (Wildman–Crippen LogP) is 4.56. The summed E-state index contributed by atoms with van der Waals surface area (Å²) in [4.78, 5) is 13.3. The van der Waals surface area contributed by atoms with Crippen LogP contribution in [0.5, 0.6) is 11.5 Å². The Labute approximate surface area is 197 Å². The molecule has 1 N–H and O–H groups in total. The van der Waals surface area contributed by atoms with Gasteiger partial charge >= 0.3 is 0 Å². The van der Waals surface area contributed by atoms with Crippen LogP contribution in [0.25, 0.3) is 0 Å². The van der Waals surface area contributed by atoms with E-state index in [-0.39, 0.29) is 11.4 Å². The van der Waals surface area contributed by atoms with Crippen molar-refractivity contribution in [2.24, 2.45) is 0 Å². The molecule has 0 saturated carbocycles. The van der Waals surface area contributed by atoms with E-state index >= 15 is 0 Å². The molecule has 0 aromatic heterocycles. The Kier molecular flexibility index (Phi) is 6.23. The van der Waals surface area contributed by atoms with Gasteiger partial charge in [-0.25, -0.2) is 8.42 Å². The minimum atomic E-state index is -3.94. The van der Waals surface area contributed by atoms with E-state index in [1.807, 2.05) is 13.8 Å². The van der Waals surface area contributed by atoms with Crippen LogP contribution in [0.15, 0.2) is 65.6 Å². The molecule has 3 aromatic rings. The van der Waals surface area contributed by atoms with Gasteiger partial charge in [0.05, 0.1) is 29.9 Å². The second-order valence-electron chi connectivity index (χ2n) is 7.76. The van der Waals surface area contributed by atoms with Gasteiger partial charge in [-0.2, -0.15) is 0 Å². The number of anilines is 2. The molecule has 1 aliphatic rings. The number of sulfonamides is 1. The lowest BCUT2D eigenvalue weighted by atomic mass is 10.1. The number of amides is 1. The molecule has 1 amide bonds. The first kappa shape index (κ1) is 22.9. The van der Waals surface area contributed by atoms with Crippen LogP contribution in [0.3, 0.4) is 0 Å². The van der Waals surface area contributed by atoms with Crippen LogP contribution < -0.4 is 19.1 Å². The molecule has 0 unspecified atom stereocenters. The smallest absolute Gasteiger partial charge is 0.267 e. The Morgan fingerprint density at radius 1 is 1.06 bits per heavy atom. The molecule has 1 aliphatic heterocycles. The van der Waals surface area contributed by atoms with Crippen molar-refractivity contribution in [3.05, 3.63) is 76.8 Å². The predicted molar refractivity (Wildman–Crippen MR) is 128 cm³/mol. The summed E-state index contributed by atoms with van der Waals surface area (Å²) in [5.74, 6) is 0.214. The highest BCUT2D eigenvalue weighted by Crippen LogP contribution is 2.38. The first-order valence-corrected chi connectivity index (χ1v) is 12.0. The fourth-order valence-electron chi connectivity index (χ4n) is 3.55. The summed E-state index contributed by atoms with van der Waals surface area (Å²) in [5, 5.41) is 3.16. The van der Waals surface area contributed by atoms with Gasteiger partial charge in [-0.15, -0.1) is 0 Å². The van der Waals surface area contributed by atoms with E-state index in [4.69, 9.17) is 21.1 Å². The average molecular weight is 487 g/mol. The van der Waals surface area contributed by atoms with Crippen molar-refractivity contribution in [3.63, 3.8) is 0 Å². The van der Waals surface area contributed by atoms with Crippen LogP contribution in [0.1, 0.15) is 11.1 Å². The maximum absolute atomic E-state index is 13.5. The minimum absolute atomic E-state index is 0.136. The molecule has 9 heteroatoms. The van der Waals surface area contributed by atoms with E-state index in [1.165, 1.54) is 11.4 Å². The lowest BCUT2D eigenvalue weighted by molar-refractivity contribution is -0.122. The molecule has 3 aromatic carbocycles. The Hall–Kier alpha value is -3.23. The highest BCUT2D eigenvalue weighted by Gasteiger charge is 2.37. The number of ether oxygens (including phenoxy) is 2. The summed E-state index contributed by atoms with van der Waals surface area (Å²) in [7, 11) is -2.46. The zero-order chi connectivity index (χ0) is 23.8. The van der Waals surface area contributed by atoms with E-state index in [2.05, 4.69) is 5.32 Å². The number of nitrogens with one attached hydrogen (secondary N) is 1. The average Bonchev–Trinajstić information content (AvgIpc) is 2.78. The maximum atomic E-state index is 13.5. The van der Waals surface area contributed by atoms with Crippen LogP contribution in [0, 0.1) is 13.8 Å². The van der Waals surface area contributed by atoms with Gasteiger partial charge in [-0.05, 0) is 61.9 Å². The number of carbonyl (C=O) groups excluding carboxylic acids is 1. The van der Waals surface area contributed by atoms with Gasteiger partial charge in [-0.1, -0.05) is 35.4 Å². The SMILES string of the molecule is COc1ccc(Cl)cc1NC(=O)[C@@H]1CN(S(=O)(=O)c2ccc(C)cc2)c2ccc(C)cc2O1. The first-order valence-electron chi connectivity index (χ1n) is 10.2. The Balaban J connectivity index is 1.70. The zero-order valence-corrected chi connectivity index (χ0v) is 19.9. The first-order chi connectivity index (χ1) is 15.7. The van der Waals surface area contributed by atoms with Crippen LogP contribution in [0.2, 0.25) is 5.02 Å². The molecule has 0 saturated heterocycles. The fourth-order valence-corrected chi connectivity index (χ4v) is 5.20. The van der Waals surface area contributed by atoms with Crippen molar-refractivity contribution in [2.75, 3.05) is 23.3 Å². The summed E-state index contributed by atoms with van der Waals surface area (Å²) in [6, 6.07) is 16.6. The van der Waals surface area contributed by atoms with Gasteiger partial charge in [0, 0.05) is 5.02 Å². The molecule has 4 rings (SSSR count). The van der Waals surface area contributed by atoms with Crippen molar-refractivity contribution in [2.45, 2.75) is 24.8 Å². The molecular formula is C24H23ClN2O5S. The van der Waals surface area contributed by atoms with Gasteiger partial charge in [-0.3, -0.25) is 9.10 Å². The number of nitrogens with zero attached hydrogens (tertiary/aromatic N) is 1. The topological polar surface area (TPSA) is 84.9 Å². The van der Waals surface area contributed by atoms with Crippen LogP contribution in [-0.4, -0.2) is 34.1 Å². The summed E-state index contributed by atoms with van der Waals surface area (Å²) in [6.45, 7) is 3.55. The second-order valence-corrected chi connectivity index (χ2v) is 10.1. The zero-order valence-electron chi connectivity index (χ0n) is 18.3. The standard InChI is InChI=1S/C24H23ClN2O5S/c1-15-4-8-18(9-5-15)33(29,30)27-14-23(32-22-12-16(2)6-10-20(22)27)24(28)26-19-13-17(25)7-11-21(19)31-3/h4-13,23H,14H2,1-3H3,(H,26,28)/t23-/m0/s1. The molecule has 1 atom stereocenters. The quantitative estimate of drug-likeness (QED) is 0.571. The minimum Gasteiger partial charge on any atom is -0.495 e. The second kappa shape index (κ2) is 8.96. The number of carbonyl (C=O) groups is 1. The van der Waals surface area contributed by atoms with Crippen LogP contribution in [0.4, 0.5) is 11.4 Å². The molecule has 33 heavy (non-hydrogen) atoms. The van der Waals surface area contributed by atoms with E-state index in [0.29, 0.717) is 27.9 Å². The molecule has 1 heterocycles. The molecular weight excluding hydrogens is 464 g/mol. The number of fused-ring (bicyclic) bond motifs is 1. The number of methoxy groups -OCH3 is 1. The van der Waals surface area contributed by atoms with E-state index in [0.717, 1.165) is 11.1 Å². The number of halogens is 1. The number of hydrogen-bond acceptors (Lipinski definition) is 5. The van der Waals surface area contributed by atoms with Gasteiger partial charge in [0.2, 0.25) is 0 Å². The summed E-state index contributed by atoms with van der Waals surface area (Å²) in [6.07, 6.45) is -1.09. The van der Waals surface area contributed by atoms with Crippen molar-refractivity contribution >= 4 is 38.9 Å². The molecule has 0 fully saturated rings. The van der Waals surface area contributed by atoms with Crippen molar-refractivity contribution in [3.8, 4) is 11.5 Å². The number of rotatable bonds is 5. The summed E-state index contributed by atoms with van der Waals surface area (Å²) >= 11 is 6.06. The van der Waals surface area contributed by atoms with Crippen molar-refractivity contribution < 1.29 is 22.7 Å². The molecule has 0 radical (unpaired) electrons. The van der Waals surface area contributed by atoms with Crippen LogP contribution in [-0.2, 0) is 14.8 Å². The highest BCUT2D eigenvalue weighted by atomic mass is 35.5. The molecule has 0 spiro atoms. The van der Waals surface area contributed by atoms with Crippen molar-refractivity contribution in [1.29, 1.82) is 0 Å². The third kappa shape index (κ3) is 4.62. The van der Waals surface area contributed by atoms with E-state index < -0.39 is 22.0 Å². The van der Waals surface area contributed by atoms with Gasteiger partial charge in [0.15, 0.2) is 6.10 Å². The largest absolute Gasteiger partial charge is 0.495 e. The summed E-state index contributed by atoms with van der Waals surface area (Å²) < 4.78 is 39.5. The van der Waals surface area contributed by atoms with Gasteiger partial charge in [0.25, 0.3) is 15.9 Å². The number of hydrogen-bond donors (Lipinski definition) is 1. The summed E-state index contributed by atoms with van der Waals surface area (Å²) in [5.41, 5.74) is 2.56. The number of benzene rings is 3. The third-order valence-corrected chi connectivity index (χ3v) is 7.33. The van der Waals surface area contributed by atoms with Crippen molar-refractivity contribution in [1.82, 2.24) is 0 Å². The lowest BCUT2D eigenvalue weighted by Gasteiger charge is -2.35. The van der Waals surface area contributed by atoms with Crippen LogP contribution >= 0.6 is 11.6 Å². The lowest BCUT2D eigenvalue weighted by Crippen LogP contribution is -2.48. The monoisotopic (exact) mass is 486 g/mol. The Bertz CT molecular complexity index is 1310. The fraction of sp³-hybridized carbons (Fsp3) is 0.208. The molecule has 0 bridgehead atoms. The maximum Gasteiger partial charge on any atom is 0.267 e. The molecule has 0 aliphatic carbocycles. The third-order valence-electron chi connectivity index (χ3n) is 5.31. The Morgan fingerprint density at radius 2 is 1.76 bits per heavy atom. The normalized spacial score (nSPS) is 15.4. The molecule has 172 valence electrons. The number of aryl methyl sites for hydroxylation is 2. The molecule has 7 nitrogen and oxygen atoms in total. The van der Waals surface area contributed by atoms with E-state index in [9.17, 15) is 13.2 Å². The van der Waals surface area contributed by atoms with E-state index in [1.54, 1.807) is 60.7 Å². The van der Waals surface area contributed by atoms with Gasteiger partial charge in [0.1, 0.15) is 11.5 Å². The highest BCUT2D eigenvalue weighted by molar-refractivity contribution is 7.92. The Morgan fingerprint density at radius 3 is 2.45 bits per heavy atom.